The second-order valence-electron chi connectivity index (χ2n) is 5.24. The van der Waals surface area contributed by atoms with Gasteiger partial charge in [0.2, 0.25) is 0 Å². The van der Waals surface area contributed by atoms with Gasteiger partial charge in [-0.3, -0.25) is 0 Å². The van der Waals surface area contributed by atoms with Crippen LogP contribution in [0.2, 0.25) is 0 Å². The van der Waals surface area contributed by atoms with Gasteiger partial charge < -0.3 is 5.32 Å². The molecule has 0 aromatic heterocycles. The van der Waals surface area contributed by atoms with Crippen LogP contribution >= 0.6 is 15.9 Å². The van der Waals surface area contributed by atoms with E-state index in [0.29, 0.717) is 10.9 Å². The van der Waals surface area contributed by atoms with Crippen LogP contribution in [-0.4, -0.2) is 7.05 Å². The predicted octanol–water partition coefficient (Wildman–Crippen LogP) is 4.29. The first-order valence-electron chi connectivity index (χ1n) is 5.96. The van der Waals surface area contributed by atoms with Gasteiger partial charge in [0.15, 0.2) is 0 Å². The molecule has 1 unspecified atom stereocenters. The highest BCUT2D eigenvalue weighted by atomic mass is 79.9. The summed E-state index contributed by atoms with van der Waals surface area (Å²) in [6, 6.07) is 5.11. The Hall–Kier alpha value is -0.850. The number of nitrogens with one attached hydrogen (secondary N) is 1. The minimum absolute atomic E-state index is 0.00252. The molecule has 0 aliphatic heterocycles. The molecule has 98 valence electrons. The summed E-state index contributed by atoms with van der Waals surface area (Å²) in [6.45, 7) is 6.23. The molecule has 0 saturated carbocycles. The lowest BCUT2D eigenvalue weighted by molar-refractivity contribution is 0.563. The first-order valence-corrected chi connectivity index (χ1v) is 6.75. The van der Waals surface area contributed by atoms with E-state index in [2.05, 4.69) is 53.9 Å². The van der Waals surface area contributed by atoms with Gasteiger partial charge in [-0.2, -0.15) is 0 Å². The Morgan fingerprint density at radius 3 is 2.61 bits per heavy atom. The number of rotatable bonds is 3. The highest BCUT2D eigenvalue weighted by Gasteiger charge is 2.14. The molecule has 0 aliphatic carbocycles. The Kier molecular flexibility index (Phi) is 5.37. The largest absolute Gasteiger partial charge is 0.312 e. The van der Waals surface area contributed by atoms with Gasteiger partial charge in [0.05, 0.1) is 4.47 Å². The number of hydrogen-bond acceptors (Lipinski definition) is 1. The second-order valence-corrected chi connectivity index (χ2v) is 6.03. The number of halogens is 2. The van der Waals surface area contributed by atoms with E-state index in [1.165, 1.54) is 6.07 Å². The van der Waals surface area contributed by atoms with Gasteiger partial charge in [0.1, 0.15) is 5.82 Å². The third-order valence-electron chi connectivity index (χ3n) is 2.47. The summed E-state index contributed by atoms with van der Waals surface area (Å²) >= 11 is 3.29. The number of benzene rings is 1. The first kappa shape index (κ1) is 15.2. The van der Waals surface area contributed by atoms with E-state index in [1.807, 2.05) is 13.1 Å². The number of hydrogen-bond donors (Lipinski definition) is 1. The molecular weight excluding hydrogens is 293 g/mol. The normalized spacial score (nSPS) is 12.8. The summed E-state index contributed by atoms with van der Waals surface area (Å²) in [7, 11) is 1.86. The summed E-state index contributed by atoms with van der Waals surface area (Å²) < 4.78 is 14.0. The fourth-order valence-electron chi connectivity index (χ4n) is 1.58. The van der Waals surface area contributed by atoms with Crippen molar-refractivity contribution in [1.29, 1.82) is 0 Å². The molecule has 18 heavy (non-hydrogen) atoms. The molecule has 1 nitrogen and oxygen atoms in total. The van der Waals surface area contributed by atoms with Crippen molar-refractivity contribution in [3.8, 4) is 11.8 Å². The van der Waals surface area contributed by atoms with Crippen LogP contribution < -0.4 is 5.32 Å². The molecule has 0 amide bonds. The van der Waals surface area contributed by atoms with Crippen LogP contribution in [0.3, 0.4) is 0 Å². The van der Waals surface area contributed by atoms with Gasteiger partial charge in [0, 0.05) is 17.9 Å². The minimum Gasteiger partial charge on any atom is -0.312 e. The summed E-state index contributed by atoms with van der Waals surface area (Å²) in [4.78, 5) is 0. The molecule has 0 heterocycles. The molecule has 1 rings (SSSR count). The van der Waals surface area contributed by atoms with E-state index >= 15 is 0 Å². The zero-order chi connectivity index (χ0) is 13.8. The second kappa shape index (κ2) is 6.36. The molecule has 0 bridgehead atoms. The van der Waals surface area contributed by atoms with Crippen LogP contribution in [0, 0.1) is 23.1 Å². The van der Waals surface area contributed by atoms with Crippen molar-refractivity contribution in [3.05, 3.63) is 34.1 Å². The molecular formula is C15H19BrFN. The van der Waals surface area contributed by atoms with Crippen molar-refractivity contribution < 1.29 is 4.39 Å². The molecule has 1 aromatic carbocycles. The van der Waals surface area contributed by atoms with Gasteiger partial charge >= 0.3 is 0 Å². The smallest absolute Gasteiger partial charge is 0.137 e. The molecule has 1 N–H and O–H groups in total. The highest BCUT2D eigenvalue weighted by molar-refractivity contribution is 9.10. The van der Waals surface area contributed by atoms with E-state index in [0.717, 1.165) is 5.56 Å². The lowest BCUT2D eigenvalue weighted by atomic mass is 9.96. The Morgan fingerprint density at radius 1 is 1.39 bits per heavy atom. The van der Waals surface area contributed by atoms with Gasteiger partial charge in [-0.25, -0.2) is 4.39 Å². The van der Waals surface area contributed by atoms with E-state index in [9.17, 15) is 4.39 Å². The van der Waals surface area contributed by atoms with E-state index < -0.39 is 0 Å². The van der Waals surface area contributed by atoms with Crippen molar-refractivity contribution >= 4 is 15.9 Å². The molecule has 0 saturated heterocycles. The predicted molar refractivity (Wildman–Crippen MR) is 77.7 cm³/mol. The van der Waals surface area contributed by atoms with Crippen molar-refractivity contribution in [2.75, 3.05) is 7.05 Å². The van der Waals surface area contributed by atoms with Crippen LogP contribution in [0.25, 0.3) is 0 Å². The summed E-state index contributed by atoms with van der Waals surface area (Å²) in [5.41, 5.74) is 0.901. The lowest BCUT2D eigenvalue weighted by Gasteiger charge is -2.16. The maximum absolute atomic E-state index is 13.5. The SMILES string of the molecule is CNC(CC#CC(C)(C)C)c1cccc(F)c1Br. The van der Waals surface area contributed by atoms with Gasteiger partial charge in [-0.15, -0.1) is 5.92 Å². The van der Waals surface area contributed by atoms with Gasteiger partial charge in [0.25, 0.3) is 0 Å². The molecule has 1 aromatic rings. The Labute approximate surface area is 117 Å². The molecule has 3 heteroatoms. The van der Waals surface area contributed by atoms with Crippen LogP contribution in [-0.2, 0) is 0 Å². The summed E-state index contributed by atoms with van der Waals surface area (Å²) in [6.07, 6.45) is 0.663. The van der Waals surface area contributed by atoms with E-state index in [1.54, 1.807) is 6.07 Å². The van der Waals surface area contributed by atoms with Crippen molar-refractivity contribution in [2.24, 2.45) is 5.41 Å². The third kappa shape index (κ3) is 4.44. The standard InChI is InChI=1S/C15H19BrFN/c1-15(2,3)10-6-9-13(18-4)11-7-5-8-12(17)14(11)16/h5,7-8,13,18H,9H2,1-4H3. The summed E-state index contributed by atoms with van der Waals surface area (Å²) in [5, 5.41) is 3.17. The molecule has 0 aliphatic rings. The Morgan fingerprint density at radius 2 is 2.06 bits per heavy atom. The Bertz CT molecular complexity index is 466. The minimum atomic E-state index is -0.239. The molecule has 0 spiro atoms. The highest BCUT2D eigenvalue weighted by Crippen LogP contribution is 2.27. The third-order valence-corrected chi connectivity index (χ3v) is 3.31. The van der Waals surface area contributed by atoms with Crippen molar-refractivity contribution in [3.63, 3.8) is 0 Å². The maximum Gasteiger partial charge on any atom is 0.137 e. The fraction of sp³-hybridized carbons (Fsp3) is 0.467. The monoisotopic (exact) mass is 311 g/mol. The van der Waals surface area contributed by atoms with Gasteiger partial charge in [-0.1, -0.05) is 18.1 Å². The Balaban J connectivity index is 2.90. The summed E-state index contributed by atoms with van der Waals surface area (Å²) in [5.74, 6) is 6.12. The first-order chi connectivity index (χ1) is 8.35. The maximum atomic E-state index is 13.5. The topological polar surface area (TPSA) is 12.0 Å². The van der Waals surface area contributed by atoms with Crippen molar-refractivity contribution in [2.45, 2.75) is 33.2 Å². The van der Waals surface area contributed by atoms with Crippen LogP contribution in [0.4, 0.5) is 4.39 Å². The van der Waals surface area contributed by atoms with Crippen LogP contribution in [0.15, 0.2) is 22.7 Å². The average molecular weight is 312 g/mol. The molecule has 1 atom stereocenters. The zero-order valence-corrected chi connectivity index (χ0v) is 12.9. The molecule has 0 radical (unpaired) electrons. The lowest BCUT2D eigenvalue weighted by Crippen LogP contribution is -2.16. The van der Waals surface area contributed by atoms with Crippen molar-refractivity contribution in [1.82, 2.24) is 5.32 Å². The molecule has 0 fully saturated rings. The van der Waals surface area contributed by atoms with E-state index in [-0.39, 0.29) is 17.3 Å². The quantitative estimate of drug-likeness (QED) is 0.821. The van der Waals surface area contributed by atoms with Gasteiger partial charge in [-0.05, 0) is 55.4 Å². The van der Waals surface area contributed by atoms with Crippen LogP contribution in [0.1, 0.15) is 38.8 Å². The zero-order valence-electron chi connectivity index (χ0n) is 11.3. The van der Waals surface area contributed by atoms with E-state index in [4.69, 9.17) is 0 Å². The fourth-order valence-corrected chi connectivity index (χ4v) is 2.12. The van der Waals surface area contributed by atoms with Crippen LogP contribution in [0.5, 0.6) is 0 Å². The average Bonchev–Trinajstić information content (AvgIpc) is 2.27.